The van der Waals surface area contributed by atoms with Gasteiger partial charge in [0.25, 0.3) is 0 Å². The molecule has 0 radical (unpaired) electrons. The van der Waals surface area contributed by atoms with Crippen LogP contribution in [0.4, 0.5) is 4.39 Å². The van der Waals surface area contributed by atoms with Crippen molar-refractivity contribution in [2.24, 2.45) is 0 Å². The fraction of sp³-hybridized carbons (Fsp3) is 0.125. The van der Waals surface area contributed by atoms with Crippen molar-refractivity contribution in [3.05, 3.63) is 35.9 Å². The van der Waals surface area contributed by atoms with E-state index in [0.29, 0.717) is 12.0 Å². The summed E-state index contributed by atoms with van der Waals surface area (Å²) in [5.74, 6) is 0. The minimum atomic E-state index is 0.488. The second-order valence-electron chi connectivity index (χ2n) is 2.05. The third-order valence-electron chi connectivity index (χ3n) is 1.17. The molecule has 0 N–H and O–H groups in total. The molecule has 0 amide bonds. The SMILES string of the molecule is Cc1ccnc(/C=C\F)c1. The fourth-order valence-corrected chi connectivity index (χ4v) is 0.715. The highest BCUT2D eigenvalue weighted by atomic mass is 19.1. The first-order chi connectivity index (χ1) is 4.83. The summed E-state index contributed by atoms with van der Waals surface area (Å²) in [5.41, 5.74) is 1.74. The van der Waals surface area contributed by atoms with E-state index >= 15 is 0 Å². The molecule has 0 spiro atoms. The first-order valence-electron chi connectivity index (χ1n) is 3.02. The van der Waals surface area contributed by atoms with E-state index in [1.807, 2.05) is 19.1 Å². The molecule has 0 aliphatic rings. The first-order valence-corrected chi connectivity index (χ1v) is 3.02. The van der Waals surface area contributed by atoms with Gasteiger partial charge in [-0.2, -0.15) is 0 Å². The van der Waals surface area contributed by atoms with Gasteiger partial charge in [-0.05, 0) is 30.7 Å². The minimum Gasteiger partial charge on any atom is -0.257 e. The lowest BCUT2D eigenvalue weighted by Gasteiger charge is -1.91. The van der Waals surface area contributed by atoms with Crippen LogP contribution in [0.25, 0.3) is 6.08 Å². The number of halogens is 1. The molecule has 0 unspecified atom stereocenters. The Morgan fingerprint density at radius 2 is 2.40 bits per heavy atom. The molecule has 2 heteroatoms. The van der Waals surface area contributed by atoms with Gasteiger partial charge in [-0.15, -0.1) is 0 Å². The van der Waals surface area contributed by atoms with Crippen LogP contribution in [0.15, 0.2) is 24.7 Å². The van der Waals surface area contributed by atoms with Crippen LogP contribution in [-0.4, -0.2) is 4.98 Å². The van der Waals surface area contributed by atoms with Crippen LogP contribution in [0, 0.1) is 6.92 Å². The Morgan fingerprint density at radius 1 is 1.60 bits per heavy atom. The Morgan fingerprint density at radius 3 is 3.00 bits per heavy atom. The standard InChI is InChI=1S/C8H8FN/c1-7-3-5-10-8(6-7)2-4-9/h2-6H,1H3/b4-2-. The molecule has 1 rings (SSSR count). The summed E-state index contributed by atoms with van der Waals surface area (Å²) >= 11 is 0. The molecule has 0 aromatic carbocycles. The highest BCUT2D eigenvalue weighted by molar-refractivity contribution is 5.43. The van der Waals surface area contributed by atoms with E-state index < -0.39 is 0 Å². The predicted octanol–water partition coefficient (Wildman–Crippen LogP) is 2.33. The molecular formula is C8H8FN. The predicted molar refractivity (Wildman–Crippen MR) is 39.1 cm³/mol. The highest BCUT2D eigenvalue weighted by Crippen LogP contribution is 2.01. The number of rotatable bonds is 1. The van der Waals surface area contributed by atoms with Crippen molar-refractivity contribution in [2.75, 3.05) is 0 Å². The van der Waals surface area contributed by atoms with E-state index in [9.17, 15) is 4.39 Å². The van der Waals surface area contributed by atoms with Crippen LogP contribution in [0.3, 0.4) is 0 Å². The molecule has 0 saturated heterocycles. The average Bonchev–Trinajstić information content (AvgIpc) is 1.88. The van der Waals surface area contributed by atoms with E-state index in [-0.39, 0.29) is 0 Å². The fourth-order valence-electron chi connectivity index (χ4n) is 0.715. The number of aryl methyl sites for hydroxylation is 1. The summed E-state index contributed by atoms with van der Waals surface area (Å²) in [5, 5.41) is 0. The van der Waals surface area contributed by atoms with Gasteiger partial charge in [0.1, 0.15) is 0 Å². The molecule has 0 bridgehead atoms. The van der Waals surface area contributed by atoms with Crippen LogP contribution >= 0.6 is 0 Å². The summed E-state index contributed by atoms with van der Waals surface area (Å²) in [7, 11) is 0. The number of hydrogen-bond donors (Lipinski definition) is 0. The summed E-state index contributed by atoms with van der Waals surface area (Å²) < 4.78 is 11.6. The lowest BCUT2D eigenvalue weighted by Crippen LogP contribution is -1.79. The lowest BCUT2D eigenvalue weighted by molar-refractivity contribution is 0.727. The summed E-state index contributed by atoms with van der Waals surface area (Å²) in [6.45, 7) is 1.94. The van der Waals surface area contributed by atoms with Gasteiger partial charge >= 0.3 is 0 Å². The molecule has 0 atom stereocenters. The Hall–Kier alpha value is -1.18. The van der Waals surface area contributed by atoms with Crippen LogP contribution in [-0.2, 0) is 0 Å². The minimum absolute atomic E-state index is 0.488. The molecule has 1 aromatic heterocycles. The van der Waals surface area contributed by atoms with E-state index in [0.717, 1.165) is 5.56 Å². The highest BCUT2D eigenvalue weighted by Gasteiger charge is 1.86. The van der Waals surface area contributed by atoms with Gasteiger partial charge in [-0.3, -0.25) is 4.98 Å². The summed E-state index contributed by atoms with van der Waals surface area (Å²) in [6.07, 6.45) is 3.47. The summed E-state index contributed by atoms with van der Waals surface area (Å²) in [4.78, 5) is 3.90. The summed E-state index contributed by atoms with van der Waals surface area (Å²) in [6, 6.07) is 3.69. The van der Waals surface area contributed by atoms with Crippen LogP contribution in [0.1, 0.15) is 11.3 Å². The zero-order chi connectivity index (χ0) is 7.40. The third-order valence-corrected chi connectivity index (χ3v) is 1.17. The Bertz CT molecular complexity index is 243. The van der Waals surface area contributed by atoms with Gasteiger partial charge in [0.2, 0.25) is 0 Å². The van der Waals surface area contributed by atoms with Gasteiger partial charge in [-0.25, -0.2) is 4.39 Å². The van der Waals surface area contributed by atoms with E-state index in [4.69, 9.17) is 0 Å². The van der Waals surface area contributed by atoms with Crippen LogP contribution in [0.5, 0.6) is 0 Å². The molecule has 0 aliphatic carbocycles. The van der Waals surface area contributed by atoms with Crippen LogP contribution < -0.4 is 0 Å². The monoisotopic (exact) mass is 137 g/mol. The topological polar surface area (TPSA) is 12.9 Å². The van der Waals surface area contributed by atoms with Gasteiger partial charge in [-0.1, -0.05) is 0 Å². The van der Waals surface area contributed by atoms with E-state index in [2.05, 4.69) is 4.98 Å². The van der Waals surface area contributed by atoms with Crippen LogP contribution in [0.2, 0.25) is 0 Å². The molecule has 0 saturated carbocycles. The van der Waals surface area contributed by atoms with Crippen molar-refractivity contribution in [1.82, 2.24) is 4.98 Å². The Balaban J connectivity index is 2.95. The average molecular weight is 137 g/mol. The zero-order valence-electron chi connectivity index (χ0n) is 5.71. The van der Waals surface area contributed by atoms with Crippen molar-refractivity contribution in [3.8, 4) is 0 Å². The van der Waals surface area contributed by atoms with Crippen molar-refractivity contribution < 1.29 is 4.39 Å². The maximum Gasteiger partial charge on any atom is 0.0888 e. The molecule has 0 fully saturated rings. The largest absolute Gasteiger partial charge is 0.257 e. The molecule has 0 aliphatic heterocycles. The maximum absolute atomic E-state index is 11.6. The maximum atomic E-state index is 11.6. The zero-order valence-corrected chi connectivity index (χ0v) is 5.71. The molecule has 52 valence electrons. The quantitative estimate of drug-likeness (QED) is 0.578. The van der Waals surface area contributed by atoms with E-state index in [1.165, 1.54) is 6.08 Å². The Kier molecular flexibility index (Phi) is 2.15. The molecule has 1 aromatic rings. The van der Waals surface area contributed by atoms with Gasteiger partial charge in [0, 0.05) is 6.20 Å². The molecule has 10 heavy (non-hydrogen) atoms. The number of pyridine rings is 1. The van der Waals surface area contributed by atoms with Gasteiger partial charge in [0.05, 0.1) is 12.0 Å². The Labute approximate surface area is 59.2 Å². The molecule has 1 nitrogen and oxygen atoms in total. The third kappa shape index (κ3) is 1.65. The second kappa shape index (κ2) is 3.11. The van der Waals surface area contributed by atoms with E-state index in [1.54, 1.807) is 6.20 Å². The lowest BCUT2D eigenvalue weighted by atomic mass is 10.2. The second-order valence-corrected chi connectivity index (χ2v) is 2.05. The number of aromatic nitrogens is 1. The van der Waals surface area contributed by atoms with Crippen molar-refractivity contribution in [1.29, 1.82) is 0 Å². The molecule has 1 heterocycles. The molecular weight excluding hydrogens is 129 g/mol. The smallest absolute Gasteiger partial charge is 0.0888 e. The van der Waals surface area contributed by atoms with Crippen molar-refractivity contribution in [3.63, 3.8) is 0 Å². The normalized spacial score (nSPS) is 10.6. The first kappa shape index (κ1) is 6.93. The number of nitrogens with zero attached hydrogens (tertiary/aromatic N) is 1. The van der Waals surface area contributed by atoms with Gasteiger partial charge < -0.3 is 0 Å². The van der Waals surface area contributed by atoms with Crippen molar-refractivity contribution >= 4 is 6.08 Å². The van der Waals surface area contributed by atoms with Gasteiger partial charge in [0.15, 0.2) is 0 Å². The number of hydrogen-bond acceptors (Lipinski definition) is 1. The van der Waals surface area contributed by atoms with Crippen molar-refractivity contribution in [2.45, 2.75) is 6.92 Å².